The first-order chi connectivity index (χ1) is 8.69. The van der Waals surface area contributed by atoms with Gasteiger partial charge in [-0.1, -0.05) is 15.9 Å². The maximum Gasteiger partial charge on any atom is 0.123 e. The molecule has 0 radical (unpaired) electrons. The fraction of sp³-hybridized carbons (Fsp3) is 0.571. The number of hydrogen-bond acceptors (Lipinski definition) is 2. The van der Waals surface area contributed by atoms with E-state index in [1.54, 1.807) is 7.11 Å². The van der Waals surface area contributed by atoms with Gasteiger partial charge in [0.25, 0.3) is 0 Å². The summed E-state index contributed by atoms with van der Waals surface area (Å²) in [4.78, 5) is 0. The largest absolute Gasteiger partial charge is 0.496 e. The number of halogens is 2. The molecule has 0 aliphatic heterocycles. The van der Waals surface area contributed by atoms with E-state index in [9.17, 15) is 0 Å². The SMILES string of the molecule is COc1ccc(Br)cc1CNCC1CCC(Cl)C1. The molecule has 2 rings (SSSR count). The molecule has 0 saturated heterocycles. The molecule has 2 nitrogen and oxygen atoms in total. The Labute approximate surface area is 122 Å². The van der Waals surface area contributed by atoms with E-state index in [4.69, 9.17) is 16.3 Å². The van der Waals surface area contributed by atoms with Gasteiger partial charge in [-0.25, -0.2) is 0 Å². The van der Waals surface area contributed by atoms with Crippen LogP contribution < -0.4 is 10.1 Å². The number of ether oxygens (including phenoxy) is 1. The Morgan fingerprint density at radius 2 is 2.28 bits per heavy atom. The lowest BCUT2D eigenvalue weighted by Gasteiger charge is -2.13. The predicted molar refractivity (Wildman–Crippen MR) is 79.4 cm³/mol. The fourth-order valence-electron chi connectivity index (χ4n) is 2.50. The van der Waals surface area contributed by atoms with Crippen LogP contribution in [0.2, 0.25) is 0 Å². The molecular weight excluding hydrogens is 314 g/mol. The smallest absolute Gasteiger partial charge is 0.123 e. The van der Waals surface area contributed by atoms with Crippen LogP contribution in [0.25, 0.3) is 0 Å². The highest BCUT2D eigenvalue weighted by Crippen LogP contribution is 2.29. The molecule has 100 valence electrons. The van der Waals surface area contributed by atoms with E-state index in [0.717, 1.165) is 42.1 Å². The van der Waals surface area contributed by atoms with Gasteiger partial charge < -0.3 is 10.1 Å². The van der Waals surface area contributed by atoms with Crippen molar-refractivity contribution in [3.05, 3.63) is 28.2 Å². The van der Waals surface area contributed by atoms with Crippen LogP contribution in [0.15, 0.2) is 22.7 Å². The first kappa shape index (κ1) is 14.2. The predicted octanol–water partition coefficient (Wildman–Crippen LogP) is 3.95. The maximum atomic E-state index is 6.12. The zero-order valence-corrected chi connectivity index (χ0v) is 12.9. The number of nitrogens with one attached hydrogen (secondary N) is 1. The molecule has 0 heterocycles. The summed E-state index contributed by atoms with van der Waals surface area (Å²) in [5, 5.41) is 3.89. The molecule has 2 atom stereocenters. The van der Waals surface area contributed by atoms with Crippen molar-refractivity contribution in [2.45, 2.75) is 31.2 Å². The van der Waals surface area contributed by atoms with Crippen molar-refractivity contribution in [2.75, 3.05) is 13.7 Å². The molecule has 1 aromatic carbocycles. The highest BCUT2D eigenvalue weighted by molar-refractivity contribution is 9.10. The first-order valence-electron chi connectivity index (χ1n) is 6.36. The van der Waals surface area contributed by atoms with Gasteiger partial charge in [-0.05, 0) is 49.9 Å². The minimum absolute atomic E-state index is 0.386. The monoisotopic (exact) mass is 331 g/mol. The zero-order valence-electron chi connectivity index (χ0n) is 10.6. The lowest BCUT2D eigenvalue weighted by molar-refractivity contribution is 0.405. The Balaban J connectivity index is 1.84. The molecule has 0 spiro atoms. The van der Waals surface area contributed by atoms with E-state index in [-0.39, 0.29) is 0 Å². The summed E-state index contributed by atoms with van der Waals surface area (Å²) in [6.45, 7) is 1.88. The van der Waals surface area contributed by atoms with E-state index in [0.29, 0.717) is 5.38 Å². The fourth-order valence-corrected chi connectivity index (χ4v) is 3.28. The molecule has 1 N–H and O–H groups in total. The number of benzene rings is 1. The molecule has 2 unspecified atom stereocenters. The molecular formula is C14H19BrClNO. The summed E-state index contributed by atoms with van der Waals surface area (Å²) in [5.41, 5.74) is 1.19. The Morgan fingerprint density at radius 3 is 2.94 bits per heavy atom. The Kier molecular flexibility index (Phi) is 5.34. The zero-order chi connectivity index (χ0) is 13.0. The summed E-state index contributed by atoms with van der Waals surface area (Å²) in [6.07, 6.45) is 3.55. The summed E-state index contributed by atoms with van der Waals surface area (Å²) < 4.78 is 6.44. The first-order valence-corrected chi connectivity index (χ1v) is 7.59. The molecule has 18 heavy (non-hydrogen) atoms. The lowest BCUT2D eigenvalue weighted by atomic mass is 10.1. The number of alkyl halides is 1. The average molecular weight is 333 g/mol. The molecule has 0 amide bonds. The van der Waals surface area contributed by atoms with Crippen LogP contribution in [0.4, 0.5) is 0 Å². The van der Waals surface area contributed by atoms with Crippen molar-refractivity contribution < 1.29 is 4.74 Å². The Morgan fingerprint density at radius 1 is 1.44 bits per heavy atom. The maximum absolute atomic E-state index is 6.12. The van der Waals surface area contributed by atoms with Crippen molar-refractivity contribution in [2.24, 2.45) is 5.92 Å². The van der Waals surface area contributed by atoms with Crippen LogP contribution in [0.3, 0.4) is 0 Å². The van der Waals surface area contributed by atoms with Crippen LogP contribution in [0.5, 0.6) is 5.75 Å². The molecule has 1 saturated carbocycles. The minimum atomic E-state index is 0.386. The van der Waals surface area contributed by atoms with E-state index in [1.165, 1.54) is 12.0 Å². The van der Waals surface area contributed by atoms with E-state index in [2.05, 4.69) is 27.3 Å². The highest BCUT2D eigenvalue weighted by Gasteiger charge is 2.22. The third-order valence-electron chi connectivity index (χ3n) is 3.47. The van der Waals surface area contributed by atoms with Crippen LogP contribution in [-0.4, -0.2) is 19.0 Å². The van der Waals surface area contributed by atoms with Gasteiger partial charge in [0.15, 0.2) is 0 Å². The summed E-state index contributed by atoms with van der Waals surface area (Å²) in [5.74, 6) is 1.66. The molecule has 1 fully saturated rings. The van der Waals surface area contributed by atoms with Crippen molar-refractivity contribution in [3.63, 3.8) is 0 Å². The normalized spacial score (nSPS) is 23.3. The Bertz CT molecular complexity index is 399. The van der Waals surface area contributed by atoms with Gasteiger partial charge in [-0.15, -0.1) is 11.6 Å². The van der Waals surface area contributed by atoms with Crippen LogP contribution >= 0.6 is 27.5 Å². The average Bonchev–Trinajstić information content (AvgIpc) is 2.75. The molecule has 1 aliphatic rings. The van der Waals surface area contributed by atoms with Gasteiger partial charge in [-0.2, -0.15) is 0 Å². The lowest BCUT2D eigenvalue weighted by Crippen LogP contribution is -2.21. The summed E-state index contributed by atoms with van der Waals surface area (Å²) >= 11 is 9.61. The van der Waals surface area contributed by atoms with E-state index >= 15 is 0 Å². The highest BCUT2D eigenvalue weighted by atomic mass is 79.9. The van der Waals surface area contributed by atoms with E-state index in [1.807, 2.05) is 12.1 Å². The number of methoxy groups -OCH3 is 1. The van der Waals surface area contributed by atoms with E-state index < -0.39 is 0 Å². The molecule has 0 bridgehead atoms. The molecule has 1 aliphatic carbocycles. The number of hydrogen-bond donors (Lipinski definition) is 1. The topological polar surface area (TPSA) is 21.3 Å². The van der Waals surface area contributed by atoms with Gasteiger partial charge in [0.1, 0.15) is 5.75 Å². The standard InChI is InChI=1S/C14H19BrClNO/c1-18-14-5-3-12(15)7-11(14)9-17-8-10-2-4-13(16)6-10/h3,5,7,10,13,17H,2,4,6,8-9H2,1H3. The second-order valence-corrected chi connectivity index (χ2v) is 6.40. The second-order valence-electron chi connectivity index (χ2n) is 4.86. The third kappa shape index (κ3) is 3.87. The van der Waals surface area contributed by atoms with Crippen LogP contribution in [0.1, 0.15) is 24.8 Å². The number of rotatable bonds is 5. The van der Waals surface area contributed by atoms with Gasteiger partial charge in [0.05, 0.1) is 7.11 Å². The quantitative estimate of drug-likeness (QED) is 0.824. The van der Waals surface area contributed by atoms with Crippen molar-refractivity contribution >= 4 is 27.5 Å². The molecule has 0 aromatic heterocycles. The van der Waals surface area contributed by atoms with Gasteiger partial charge in [0.2, 0.25) is 0 Å². The van der Waals surface area contributed by atoms with Crippen LogP contribution in [0, 0.1) is 5.92 Å². The Hall–Kier alpha value is -0.250. The summed E-state index contributed by atoms with van der Waals surface area (Å²) in [7, 11) is 1.71. The van der Waals surface area contributed by atoms with Gasteiger partial charge in [0, 0.05) is 22.0 Å². The van der Waals surface area contributed by atoms with Crippen molar-refractivity contribution in [1.82, 2.24) is 5.32 Å². The summed E-state index contributed by atoms with van der Waals surface area (Å²) in [6, 6.07) is 6.09. The third-order valence-corrected chi connectivity index (χ3v) is 4.36. The molecule has 1 aromatic rings. The molecule has 4 heteroatoms. The minimum Gasteiger partial charge on any atom is -0.496 e. The van der Waals surface area contributed by atoms with Crippen LogP contribution in [-0.2, 0) is 6.54 Å². The van der Waals surface area contributed by atoms with Gasteiger partial charge >= 0.3 is 0 Å². The second kappa shape index (κ2) is 6.78. The van der Waals surface area contributed by atoms with Crippen molar-refractivity contribution in [3.8, 4) is 5.75 Å². The van der Waals surface area contributed by atoms with Crippen molar-refractivity contribution in [1.29, 1.82) is 0 Å². The van der Waals surface area contributed by atoms with Gasteiger partial charge in [-0.3, -0.25) is 0 Å².